The summed E-state index contributed by atoms with van der Waals surface area (Å²) in [5, 5.41) is 6.90. The van der Waals surface area contributed by atoms with Crippen LogP contribution >= 0.6 is 0 Å². The molecule has 0 bridgehead atoms. The SMILES string of the molecule is CCNCC1Cc2ccccc2N1CC.CCNCC1Cc2ccccc2N1CC.O=S(=O)(O)O. The van der Waals surface area contributed by atoms with Gasteiger partial charge >= 0.3 is 10.4 Å². The van der Waals surface area contributed by atoms with E-state index in [0.717, 1.165) is 39.3 Å². The summed E-state index contributed by atoms with van der Waals surface area (Å²) in [4.78, 5) is 5.02. The Bertz CT molecular complexity index is 929. The molecule has 0 radical (unpaired) electrons. The van der Waals surface area contributed by atoms with Crippen molar-refractivity contribution in [2.45, 2.75) is 52.6 Å². The van der Waals surface area contributed by atoms with Gasteiger partial charge in [-0.15, -0.1) is 0 Å². The van der Waals surface area contributed by atoms with Gasteiger partial charge in [-0.05, 0) is 63.0 Å². The van der Waals surface area contributed by atoms with E-state index in [0.29, 0.717) is 12.1 Å². The maximum atomic E-state index is 8.74. The van der Waals surface area contributed by atoms with Crippen LogP contribution in [0.3, 0.4) is 0 Å². The highest BCUT2D eigenvalue weighted by Crippen LogP contribution is 2.32. The summed E-state index contributed by atoms with van der Waals surface area (Å²) in [6, 6.07) is 18.8. The second kappa shape index (κ2) is 14.4. The van der Waals surface area contributed by atoms with Gasteiger partial charge in [0.25, 0.3) is 0 Å². The highest BCUT2D eigenvalue weighted by molar-refractivity contribution is 7.79. The molecule has 8 nitrogen and oxygen atoms in total. The van der Waals surface area contributed by atoms with Crippen LogP contribution in [0.1, 0.15) is 38.8 Å². The third-order valence-electron chi connectivity index (χ3n) is 6.34. The van der Waals surface area contributed by atoms with Crippen molar-refractivity contribution in [3.8, 4) is 0 Å². The number of nitrogens with zero attached hydrogens (tertiary/aromatic N) is 2. The van der Waals surface area contributed by atoms with Gasteiger partial charge in [0.15, 0.2) is 0 Å². The van der Waals surface area contributed by atoms with Crippen LogP contribution < -0.4 is 20.4 Å². The van der Waals surface area contributed by atoms with Gasteiger partial charge in [0.05, 0.1) is 0 Å². The van der Waals surface area contributed by atoms with Gasteiger partial charge in [0, 0.05) is 49.6 Å². The van der Waals surface area contributed by atoms with Crippen molar-refractivity contribution in [1.29, 1.82) is 0 Å². The van der Waals surface area contributed by atoms with Crippen molar-refractivity contribution in [3.05, 3.63) is 59.7 Å². The van der Waals surface area contributed by atoms with Gasteiger partial charge < -0.3 is 20.4 Å². The number of nitrogens with one attached hydrogen (secondary N) is 2. The molecule has 0 aromatic heterocycles. The van der Waals surface area contributed by atoms with E-state index in [1.807, 2.05) is 0 Å². The van der Waals surface area contributed by atoms with E-state index in [2.05, 4.69) is 96.7 Å². The van der Waals surface area contributed by atoms with E-state index in [1.165, 1.54) is 35.3 Å². The molecule has 2 heterocycles. The standard InChI is InChI=1S/2C13H20N2.H2O4S/c2*1-3-14-10-12-9-11-7-5-6-8-13(11)15(12)4-2;1-5(2,3)4/h2*5-8,12,14H,3-4,9-10H2,1-2H3;(H2,1,2,3,4). The quantitative estimate of drug-likeness (QED) is 0.404. The van der Waals surface area contributed by atoms with Crippen molar-refractivity contribution in [1.82, 2.24) is 10.6 Å². The topological polar surface area (TPSA) is 105 Å². The number of likely N-dealkylation sites (N-methyl/N-ethyl adjacent to an activating group) is 4. The smallest absolute Gasteiger partial charge is 0.367 e. The van der Waals surface area contributed by atoms with Crippen molar-refractivity contribution in [2.75, 3.05) is 49.1 Å². The number of hydrogen-bond acceptors (Lipinski definition) is 6. The molecule has 2 aliphatic rings. The summed E-state index contributed by atoms with van der Waals surface area (Å²) >= 11 is 0. The van der Waals surface area contributed by atoms with E-state index < -0.39 is 10.4 Å². The molecule has 196 valence electrons. The maximum absolute atomic E-state index is 8.74. The Morgan fingerprint density at radius 3 is 1.40 bits per heavy atom. The number of fused-ring (bicyclic) bond motifs is 2. The van der Waals surface area contributed by atoms with Gasteiger partial charge in [-0.25, -0.2) is 0 Å². The van der Waals surface area contributed by atoms with E-state index >= 15 is 0 Å². The van der Waals surface area contributed by atoms with Gasteiger partial charge in [0.2, 0.25) is 0 Å². The molecular weight excluding hydrogens is 464 g/mol. The van der Waals surface area contributed by atoms with Crippen LogP contribution in [0.15, 0.2) is 48.5 Å². The van der Waals surface area contributed by atoms with Crippen LogP contribution in [0.2, 0.25) is 0 Å². The van der Waals surface area contributed by atoms with Crippen LogP contribution in [0.25, 0.3) is 0 Å². The molecule has 4 rings (SSSR count). The highest BCUT2D eigenvalue weighted by Gasteiger charge is 2.27. The molecular formula is C26H42N4O4S. The number of para-hydroxylation sites is 2. The fourth-order valence-electron chi connectivity index (χ4n) is 4.89. The molecule has 0 amide bonds. The number of anilines is 2. The summed E-state index contributed by atoms with van der Waals surface area (Å²) in [7, 11) is -4.67. The fraction of sp³-hybridized carbons (Fsp3) is 0.538. The molecule has 35 heavy (non-hydrogen) atoms. The first-order valence-corrected chi connectivity index (χ1v) is 13.9. The average Bonchev–Trinajstić information content (AvgIpc) is 3.37. The normalized spacial score (nSPS) is 18.2. The first kappa shape index (κ1) is 29.1. The molecule has 2 aromatic carbocycles. The number of benzene rings is 2. The van der Waals surface area contributed by atoms with Gasteiger partial charge in [-0.1, -0.05) is 50.2 Å². The second-order valence-electron chi connectivity index (χ2n) is 8.61. The average molecular weight is 507 g/mol. The predicted molar refractivity (Wildman–Crippen MR) is 145 cm³/mol. The van der Waals surface area contributed by atoms with Gasteiger partial charge in [-0.2, -0.15) is 8.42 Å². The lowest BCUT2D eigenvalue weighted by atomic mass is 10.1. The Balaban J connectivity index is 0.000000208. The third-order valence-corrected chi connectivity index (χ3v) is 6.34. The molecule has 2 atom stereocenters. The minimum atomic E-state index is -4.67. The van der Waals surface area contributed by atoms with Crippen LogP contribution in [-0.4, -0.2) is 68.9 Å². The van der Waals surface area contributed by atoms with E-state index in [4.69, 9.17) is 17.5 Å². The first-order chi connectivity index (χ1) is 16.7. The highest BCUT2D eigenvalue weighted by atomic mass is 32.3. The zero-order valence-corrected chi connectivity index (χ0v) is 22.3. The lowest BCUT2D eigenvalue weighted by Gasteiger charge is -2.26. The lowest BCUT2D eigenvalue weighted by molar-refractivity contribution is 0.381. The minimum Gasteiger partial charge on any atom is -0.367 e. The lowest BCUT2D eigenvalue weighted by Crippen LogP contribution is -2.40. The Labute approximate surface area is 211 Å². The monoisotopic (exact) mass is 506 g/mol. The third kappa shape index (κ3) is 9.09. The Hall–Kier alpha value is -2.17. The Kier molecular flexibility index (Phi) is 12.0. The van der Waals surface area contributed by atoms with Crippen LogP contribution in [0.4, 0.5) is 11.4 Å². The molecule has 2 aromatic rings. The molecule has 0 aliphatic carbocycles. The molecule has 2 unspecified atom stereocenters. The van der Waals surface area contributed by atoms with Crippen molar-refractivity contribution < 1.29 is 17.5 Å². The molecule has 9 heteroatoms. The molecule has 0 fully saturated rings. The zero-order chi connectivity index (χ0) is 25.8. The van der Waals surface area contributed by atoms with Crippen molar-refractivity contribution in [3.63, 3.8) is 0 Å². The van der Waals surface area contributed by atoms with Gasteiger partial charge in [0.1, 0.15) is 0 Å². The Morgan fingerprint density at radius 2 is 1.09 bits per heavy atom. The van der Waals surface area contributed by atoms with Gasteiger partial charge in [-0.3, -0.25) is 9.11 Å². The molecule has 0 saturated carbocycles. The number of rotatable bonds is 8. The minimum absolute atomic E-state index is 0.646. The van der Waals surface area contributed by atoms with E-state index in [-0.39, 0.29) is 0 Å². The molecule has 2 aliphatic heterocycles. The largest absolute Gasteiger partial charge is 0.394 e. The molecule has 0 saturated heterocycles. The summed E-state index contributed by atoms with van der Waals surface area (Å²) in [5.74, 6) is 0. The van der Waals surface area contributed by atoms with Crippen molar-refractivity contribution in [2.24, 2.45) is 0 Å². The van der Waals surface area contributed by atoms with E-state index in [9.17, 15) is 0 Å². The van der Waals surface area contributed by atoms with E-state index in [1.54, 1.807) is 0 Å². The first-order valence-electron chi connectivity index (χ1n) is 12.5. The Morgan fingerprint density at radius 1 is 0.743 bits per heavy atom. The van der Waals surface area contributed by atoms with Crippen LogP contribution in [0.5, 0.6) is 0 Å². The molecule has 4 N–H and O–H groups in total. The van der Waals surface area contributed by atoms with Crippen molar-refractivity contribution >= 4 is 21.8 Å². The zero-order valence-electron chi connectivity index (χ0n) is 21.4. The molecule has 0 spiro atoms. The summed E-state index contributed by atoms with van der Waals surface area (Å²) in [6.45, 7) is 15.3. The fourth-order valence-corrected chi connectivity index (χ4v) is 4.89. The number of hydrogen-bond donors (Lipinski definition) is 4. The summed E-state index contributed by atoms with van der Waals surface area (Å²) < 4.78 is 31.6. The van der Waals surface area contributed by atoms with Crippen LogP contribution in [0, 0.1) is 0 Å². The summed E-state index contributed by atoms with van der Waals surface area (Å²) in [6.07, 6.45) is 2.38. The second-order valence-corrected chi connectivity index (χ2v) is 9.50. The maximum Gasteiger partial charge on any atom is 0.394 e. The van der Waals surface area contributed by atoms with Crippen LogP contribution in [-0.2, 0) is 23.2 Å². The summed E-state index contributed by atoms with van der Waals surface area (Å²) in [5.41, 5.74) is 5.87. The predicted octanol–water partition coefficient (Wildman–Crippen LogP) is 3.44.